The van der Waals surface area contributed by atoms with Crippen LogP contribution in [0.2, 0.25) is 0 Å². The van der Waals surface area contributed by atoms with Gasteiger partial charge in [0.2, 0.25) is 15.9 Å². The molecule has 8 heteroatoms. The second kappa shape index (κ2) is 7.19. The molecule has 7 nitrogen and oxygen atoms in total. The van der Waals surface area contributed by atoms with Crippen LogP contribution in [0.1, 0.15) is 25.3 Å². The topological polar surface area (TPSA) is 127 Å². The highest BCUT2D eigenvalue weighted by Gasteiger charge is 2.12. The van der Waals surface area contributed by atoms with Crippen molar-refractivity contribution in [2.45, 2.75) is 31.2 Å². The fraction of sp³-hybridized carbons (Fsp3) is 0.385. The molecule has 1 rings (SSSR count). The van der Waals surface area contributed by atoms with Crippen LogP contribution in [0.15, 0.2) is 29.2 Å². The summed E-state index contributed by atoms with van der Waals surface area (Å²) in [6.45, 7) is 1.93. The predicted molar refractivity (Wildman–Crippen MR) is 75.7 cm³/mol. The molecule has 1 unspecified atom stereocenters. The second-order valence-electron chi connectivity index (χ2n) is 4.87. The second-order valence-corrected chi connectivity index (χ2v) is 6.43. The number of hydrogen-bond acceptors (Lipinski definition) is 4. The van der Waals surface area contributed by atoms with Gasteiger partial charge in [0, 0.05) is 19.4 Å². The summed E-state index contributed by atoms with van der Waals surface area (Å²) in [6.07, 6.45) is 0.0675. The first-order valence-corrected chi connectivity index (χ1v) is 7.83. The standard InChI is InChI=1S/C13H18N2O5S/c1-9(7-13(17)18)6-12(16)15-8-10-2-4-11(5-3-10)21(14,19)20/h2-5,9H,6-8H2,1H3,(H,15,16)(H,17,18)(H2,14,19,20). The van der Waals surface area contributed by atoms with E-state index >= 15 is 0 Å². The minimum atomic E-state index is -3.72. The van der Waals surface area contributed by atoms with E-state index in [9.17, 15) is 18.0 Å². The maximum Gasteiger partial charge on any atom is 0.303 e. The highest BCUT2D eigenvalue weighted by atomic mass is 32.2. The van der Waals surface area contributed by atoms with Crippen molar-refractivity contribution in [2.75, 3.05) is 0 Å². The Morgan fingerprint density at radius 3 is 2.29 bits per heavy atom. The molecule has 4 N–H and O–H groups in total. The first kappa shape index (κ1) is 17.1. The van der Waals surface area contributed by atoms with Gasteiger partial charge in [-0.1, -0.05) is 19.1 Å². The van der Waals surface area contributed by atoms with Gasteiger partial charge in [0.15, 0.2) is 0 Å². The fourth-order valence-corrected chi connectivity index (χ4v) is 2.27. The lowest BCUT2D eigenvalue weighted by Crippen LogP contribution is -2.25. The molecule has 0 aliphatic rings. The predicted octanol–water partition coefficient (Wildman–Crippen LogP) is 0.451. The number of carbonyl (C=O) groups excluding carboxylic acids is 1. The van der Waals surface area contributed by atoms with Crippen LogP contribution in [0, 0.1) is 5.92 Å². The zero-order valence-corrected chi connectivity index (χ0v) is 12.4. The number of rotatable bonds is 7. The van der Waals surface area contributed by atoms with Crippen molar-refractivity contribution in [3.8, 4) is 0 Å². The van der Waals surface area contributed by atoms with Crippen LogP contribution in [-0.4, -0.2) is 25.4 Å². The van der Waals surface area contributed by atoms with Gasteiger partial charge >= 0.3 is 5.97 Å². The molecule has 21 heavy (non-hydrogen) atoms. The maximum atomic E-state index is 11.6. The van der Waals surface area contributed by atoms with Gasteiger partial charge in [0.1, 0.15) is 0 Å². The molecular weight excluding hydrogens is 296 g/mol. The molecule has 0 saturated heterocycles. The van der Waals surface area contributed by atoms with Gasteiger partial charge in [-0.25, -0.2) is 13.6 Å². The Balaban J connectivity index is 2.48. The number of hydrogen-bond donors (Lipinski definition) is 3. The summed E-state index contributed by atoms with van der Waals surface area (Å²) in [6, 6.07) is 5.84. The fourth-order valence-electron chi connectivity index (χ4n) is 1.76. The van der Waals surface area contributed by atoms with Crippen molar-refractivity contribution in [1.29, 1.82) is 0 Å². The lowest BCUT2D eigenvalue weighted by Gasteiger charge is -2.09. The summed E-state index contributed by atoms with van der Waals surface area (Å²) in [7, 11) is -3.72. The Morgan fingerprint density at radius 1 is 1.24 bits per heavy atom. The minimum Gasteiger partial charge on any atom is -0.481 e. The minimum absolute atomic E-state index is 0.00709. The Bertz CT molecular complexity index is 610. The van der Waals surface area contributed by atoms with Crippen molar-refractivity contribution in [1.82, 2.24) is 5.32 Å². The van der Waals surface area contributed by atoms with Gasteiger partial charge in [0.25, 0.3) is 0 Å². The molecule has 0 fully saturated rings. The highest BCUT2D eigenvalue weighted by molar-refractivity contribution is 7.89. The Hall–Kier alpha value is -1.93. The quantitative estimate of drug-likeness (QED) is 0.673. The van der Waals surface area contributed by atoms with Gasteiger partial charge < -0.3 is 10.4 Å². The number of carbonyl (C=O) groups is 2. The number of carboxylic acids is 1. The van der Waals surface area contributed by atoms with Crippen LogP contribution in [0.3, 0.4) is 0 Å². The third kappa shape index (κ3) is 6.37. The monoisotopic (exact) mass is 314 g/mol. The summed E-state index contributed by atoms with van der Waals surface area (Å²) in [5, 5.41) is 16.2. The molecule has 0 aliphatic carbocycles. The number of aliphatic carboxylic acids is 1. The molecule has 1 aromatic carbocycles. The summed E-state index contributed by atoms with van der Waals surface area (Å²) in [5.41, 5.74) is 0.724. The smallest absolute Gasteiger partial charge is 0.303 e. The average molecular weight is 314 g/mol. The van der Waals surface area contributed by atoms with E-state index in [2.05, 4.69) is 5.32 Å². The summed E-state index contributed by atoms with van der Waals surface area (Å²) >= 11 is 0. The zero-order valence-electron chi connectivity index (χ0n) is 11.6. The third-order valence-corrected chi connectivity index (χ3v) is 3.73. The number of nitrogens with one attached hydrogen (secondary N) is 1. The van der Waals surface area contributed by atoms with Crippen molar-refractivity contribution in [3.63, 3.8) is 0 Å². The van der Waals surface area contributed by atoms with Crippen molar-refractivity contribution in [3.05, 3.63) is 29.8 Å². The average Bonchev–Trinajstić information content (AvgIpc) is 2.34. The van der Waals surface area contributed by atoms with Crippen LogP contribution in [0.25, 0.3) is 0 Å². The first-order valence-electron chi connectivity index (χ1n) is 6.28. The van der Waals surface area contributed by atoms with E-state index in [1.807, 2.05) is 0 Å². The lowest BCUT2D eigenvalue weighted by atomic mass is 10.0. The highest BCUT2D eigenvalue weighted by Crippen LogP contribution is 2.10. The summed E-state index contributed by atoms with van der Waals surface area (Å²) in [5.74, 6) is -1.43. The van der Waals surface area contributed by atoms with Crippen LogP contribution in [0.4, 0.5) is 0 Å². The number of benzene rings is 1. The number of amides is 1. The van der Waals surface area contributed by atoms with E-state index in [0.717, 1.165) is 5.56 Å². The molecule has 1 atom stereocenters. The van der Waals surface area contributed by atoms with Crippen molar-refractivity contribution in [2.24, 2.45) is 11.1 Å². The number of primary sulfonamides is 1. The summed E-state index contributed by atoms with van der Waals surface area (Å²) < 4.78 is 22.2. The van der Waals surface area contributed by atoms with Crippen molar-refractivity contribution >= 4 is 21.9 Å². The molecule has 0 heterocycles. The van der Waals surface area contributed by atoms with Gasteiger partial charge in [-0.3, -0.25) is 9.59 Å². The Labute approximate surface area is 123 Å². The molecule has 0 radical (unpaired) electrons. The molecule has 1 aromatic rings. The van der Waals surface area contributed by atoms with E-state index in [1.54, 1.807) is 19.1 Å². The molecule has 0 aliphatic heterocycles. The van der Waals surface area contributed by atoms with E-state index < -0.39 is 16.0 Å². The van der Waals surface area contributed by atoms with Crippen LogP contribution < -0.4 is 10.5 Å². The van der Waals surface area contributed by atoms with Crippen LogP contribution >= 0.6 is 0 Å². The van der Waals surface area contributed by atoms with E-state index in [1.165, 1.54) is 12.1 Å². The zero-order chi connectivity index (χ0) is 16.0. The lowest BCUT2D eigenvalue weighted by molar-refractivity contribution is -0.138. The van der Waals surface area contributed by atoms with Crippen LogP contribution in [-0.2, 0) is 26.2 Å². The molecule has 0 saturated carbocycles. The Morgan fingerprint density at radius 2 is 1.81 bits per heavy atom. The summed E-state index contributed by atoms with van der Waals surface area (Å²) in [4.78, 5) is 22.1. The van der Waals surface area contributed by atoms with Gasteiger partial charge in [-0.2, -0.15) is 0 Å². The Kier molecular flexibility index (Phi) is 5.86. The molecule has 116 valence electrons. The van der Waals surface area contributed by atoms with Gasteiger partial charge in [-0.15, -0.1) is 0 Å². The molecular formula is C13H18N2O5S. The molecule has 0 aromatic heterocycles. The number of carboxylic acid groups (broad SMARTS) is 1. The van der Waals surface area contributed by atoms with E-state index in [4.69, 9.17) is 10.2 Å². The largest absolute Gasteiger partial charge is 0.481 e. The van der Waals surface area contributed by atoms with Crippen molar-refractivity contribution < 1.29 is 23.1 Å². The maximum absolute atomic E-state index is 11.6. The third-order valence-electron chi connectivity index (χ3n) is 2.80. The van der Waals surface area contributed by atoms with E-state index in [0.29, 0.717) is 0 Å². The molecule has 0 spiro atoms. The van der Waals surface area contributed by atoms with Gasteiger partial charge in [-0.05, 0) is 23.6 Å². The molecule has 0 bridgehead atoms. The number of sulfonamides is 1. The SMILES string of the molecule is CC(CC(=O)O)CC(=O)NCc1ccc(S(N)(=O)=O)cc1. The normalized spacial score (nSPS) is 12.7. The molecule has 1 amide bonds. The van der Waals surface area contributed by atoms with Crippen LogP contribution in [0.5, 0.6) is 0 Å². The van der Waals surface area contributed by atoms with Gasteiger partial charge in [0.05, 0.1) is 4.90 Å². The van der Waals surface area contributed by atoms with E-state index in [-0.39, 0.29) is 36.1 Å². The first-order chi connectivity index (χ1) is 9.68. The number of nitrogens with two attached hydrogens (primary N) is 1.